The molecule has 0 saturated heterocycles. The molecule has 0 bridgehead atoms. The first-order valence-electron chi connectivity index (χ1n) is 4.35. The lowest BCUT2D eigenvalue weighted by Gasteiger charge is -2.19. The molecule has 1 atom stereocenters. The number of carbonyl (C=O) groups excluding carboxylic acids is 1. The normalized spacial score (nSPS) is 11.6. The first-order chi connectivity index (χ1) is 7.07. The van der Waals surface area contributed by atoms with Gasteiger partial charge in [0.05, 0.1) is 6.07 Å². The maximum atomic E-state index is 11.8. The molecule has 0 aliphatic heterocycles. The topological polar surface area (TPSA) is 57.0 Å². The molecule has 0 aromatic carbocycles. The van der Waals surface area contributed by atoms with E-state index in [0.717, 1.165) is 0 Å². The molecule has 15 heavy (non-hydrogen) atoms. The van der Waals surface area contributed by atoms with Crippen molar-refractivity contribution >= 4 is 21.8 Å². The number of hydrogen-bond donors (Lipinski definition) is 0. The molecule has 5 heteroatoms. The average molecular weight is 268 g/mol. The molecule has 1 aromatic rings. The summed E-state index contributed by atoms with van der Waals surface area (Å²) in [5.41, 5.74) is 0.321. The van der Waals surface area contributed by atoms with Crippen molar-refractivity contribution in [1.82, 2.24) is 9.88 Å². The molecule has 0 radical (unpaired) electrons. The number of aromatic nitrogens is 1. The Balaban J connectivity index is 2.96. The van der Waals surface area contributed by atoms with Crippen molar-refractivity contribution in [3.05, 3.63) is 28.5 Å². The van der Waals surface area contributed by atoms with Crippen LogP contribution < -0.4 is 0 Å². The summed E-state index contributed by atoms with van der Waals surface area (Å²) in [4.78, 5) is 17.2. The zero-order valence-electron chi connectivity index (χ0n) is 8.44. The van der Waals surface area contributed by atoms with Gasteiger partial charge in [-0.1, -0.05) is 0 Å². The van der Waals surface area contributed by atoms with Gasteiger partial charge in [0.2, 0.25) is 0 Å². The van der Waals surface area contributed by atoms with Crippen LogP contribution in [0.15, 0.2) is 22.8 Å². The number of carbonyl (C=O) groups is 1. The predicted octanol–water partition coefficient (Wildman–Crippen LogP) is 1.83. The summed E-state index contributed by atoms with van der Waals surface area (Å²) in [6.07, 6.45) is 1.54. The van der Waals surface area contributed by atoms with E-state index in [0.29, 0.717) is 10.2 Å². The van der Waals surface area contributed by atoms with E-state index < -0.39 is 6.04 Å². The van der Waals surface area contributed by atoms with Crippen LogP contribution >= 0.6 is 15.9 Å². The second-order valence-electron chi connectivity index (χ2n) is 3.05. The van der Waals surface area contributed by atoms with Gasteiger partial charge in [-0.3, -0.25) is 4.79 Å². The molecule has 0 aliphatic carbocycles. The van der Waals surface area contributed by atoms with Gasteiger partial charge in [-0.15, -0.1) is 0 Å². The van der Waals surface area contributed by atoms with E-state index in [1.165, 1.54) is 4.90 Å². The van der Waals surface area contributed by atoms with Gasteiger partial charge < -0.3 is 4.90 Å². The molecule has 1 aromatic heterocycles. The molecule has 1 rings (SSSR count). The molecule has 1 unspecified atom stereocenters. The van der Waals surface area contributed by atoms with E-state index >= 15 is 0 Å². The third-order valence-corrected chi connectivity index (χ3v) is 2.69. The molecule has 0 fully saturated rings. The highest BCUT2D eigenvalue weighted by Crippen LogP contribution is 2.15. The van der Waals surface area contributed by atoms with Crippen LogP contribution in [0.3, 0.4) is 0 Å². The lowest BCUT2D eigenvalue weighted by Crippen LogP contribution is -2.34. The number of nitrogens with zero attached hydrogens (tertiary/aromatic N) is 3. The van der Waals surface area contributed by atoms with Crippen LogP contribution in [-0.2, 0) is 0 Å². The standard InChI is InChI=1S/C10H10BrN3O/c1-7(6-12)14(2)10(15)9-8(11)4-3-5-13-9/h3-5,7H,1-2H3. The molecule has 0 aliphatic rings. The zero-order valence-corrected chi connectivity index (χ0v) is 10.0. The number of halogens is 1. The Labute approximate surface area is 96.7 Å². The van der Waals surface area contributed by atoms with Crippen molar-refractivity contribution in [3.63, 3.8) is 0 Å². The monoisotopic (exact) mass is 267 g/mol. The van der Waals surface area contributed by atoms with Crippen LogP contribution in [0.4, 0.5) is 0 Å². The molecular formula is C10H10BrN3O. The molecule has 1 amide bonds. The SMILES string of the molecule is CC(C#N)N(C)C(=O)c1ncccc1Br. The predicted molar refractivity (Wildman–Crippen MR) is 59.1 cm³/mol. The average Bonchev–Trinajstić information content (AvgIpc) is 2.26. The minimum Gasteiger partial charge on any atom is -0.325 e. The van der Waals surface area contributed by atoms with Crippen LogP contribution in [0.2, 0.25) is 0 Å². The second-order valence-corrected chi connectivity index (χ2v) is 3.91. The number of hydrogen-bond acceptors (Lipinski definition) is 3. The van der Waals surface area contributed by atoms with Crippen molar-refractivity contribution in [2.45, 2.75) is 13.0 Å². The molecule has 4 nitrogen and oxygen atoms in total. The Kier molecular flexibility index (Phi) is 3.81. The van der Waals surface area contributed by atoms with Crippen LogP contribution in [-0.4, -0.2) is 28.9 Å². The van der Waals surface area contributed by atoms with Crippen molar-refractivity contribution < 1.29 is 4.79 Å². The highest BCUT2D eigenvalue weighted by atomic mass is 79.9. The Morgan fingerprint density at radius 3 is 2.93 bits per heavy atom. The van der Waals surface area contributed by atoms with Gasteiger partial charge in [0.1, 0.15) is 11.7 Å². The molecule has 0 saturated carbocycles. The maximum Gasteiger partial charge on any atom is 0.274 e. The first kappa shape index (κ1) is 11.7. The fourth-order valence-corrected chi connectivity index (χ4v) is 1.40. The van der Waals surface area contributed by atoms with Crippen molar-refractivity contribution in [1.29, 1.82) is 5.26 Å². The van der Waals surface area contributed by atoms with Crippen LogP contribution in [0, 0.1) is 11.3 Å². The lowest BCUT2D eigenvalue weighted by molar-refractivity contribution is 0.0766. The van der Waals surface area contributed by atoms with Gasteiger partial charge in [-0.2, -0.15) is 5.26 Å². The van der Waals surface area contributed by atoms with Crippen molar-refractivity contribution in [2.24, 2.45) is 0 Å². The molecular weight excluding hydrogens is 258 g/mol. The largest absolute Gasteiger partial charge is 0.325 e. The lowest BCUT2D eigenvalue weighted by atomic mass is 10.2. The van der Waals surface area contributed by atoms with Gasteiger partial charge in [-0.25, -0.2) is 4.98 Å². The highest BCUT2D eigenvalue weighted by molar-refractivity contribution is 9.10. The summed E-state index contributed by atoms with van der Waals surface area (Å²) >= 11 is 3.24. The van der Waals surface area contributed by atoms with Crippen molar-refractivity contribution in [3.8, 4) is 6.07 Å². The number of pyridine rings is 1. The Hall–Kier alpha value is -1.41. The summed E-state index contributed by atoms with van der Waals surface area (Å²) < 4.78 is 0.631. The second kappa shape index (κ2) is 4.89. The van der Waals surface area contributed by atoms with Gasteiger partial charge >= 0.3 is 0 Å². The van der Waals surface area contributed by atoms with E-state index in [1.807, 2.05) is 6.07 Å². The smallest absolute Gasteiger partial charge is 0.274 e. The minimum atomic E-state index is -0.466. The third-order valence-electron chi connectivity index (χ3n) is 2.05. The summed E-state index contributed by atoms with van der Waals surface area (Å²) in [5, 5.41) is 8.69. The fraction of sp³-hybridized carbons (Fsp3) is 0.300. The number of rotatable bonds is 2. The van der Waals surface area contributed by atoms with E-state index in [4.69, 9.17) is 5.26 Å². The zero-order chi connectivity index (χ0) is 11.4. The van der Waals surface area contributed by atoms with E-state index in [9.17, 15) is 4.79 Å². The van der Waals surface area contributed by atoms with Gasteiger partial charge in [0, 0.05) is 17.7 Å². The maximum absolute atomic E-state index is 11.8. The number of nitriles is 1. The van der Waals surface area contributed by atoms with Gasteiger partial charge in [0.15, 0.2) is 0 Å². The third kappa shape index (κ3) is 2.54. The quantitative estimate of drug-likeness (QED) is 0.822. The Morgan fingerprint density at radius 1 is 1.73 bits per heavy atom. The molecule has 0 spiro atoms. The summed E-state index contributed by atoms with van der Waals surface area (Å²) in [6.45, 7) is 1.66. The Bertz CT molecular complexity index is 413. The van der Waals surface area contributed by atoms with Crippen molar-refractivity contribution in [2.75, 3.05) is 7.05 Å². The summed E-state index contributed by atoms with van der Waals surface area (Å²) in [6, 6.07) is 5.00. The summed E-state index contributed by atoms with van der Waals surface area (Å²) in [7, 11) is 1.58. The van der Waals surface area contributed by atoms with E-state index in [1.54, 1.807) is 32.3 Å². The number of amides is 1. The van der Waals surface area contributed by atoms with E-state index in [-0.39, 0.29) is 5.91 Å². The Morgan fingerprint density at radius 2 is 2.40 bits per heavy atom. The molecule has 78 valence electrons. The fourth-order valence-electron chi connectivity index (χ4n) is 0.973. The highest BCUT2D eigenvalue weighted by Gasteiger charge is 2.19. The van der Waals surface area contributed by atoms with Gasteiger partial charge in [-0.05, 0) is 35.0 Å². The molecule has 0 N–H and O–H groups in total. The van der Waals surface area contributed by atoms with Gasteiger partial charge in [0.25, 0.3) is 5.91 Å². The van der Waals surface area contributed by atoms with Crippen LogP contribution in [0.5, 0.6) is 0 Å². The van der Waals surface area contributed by atoms with Crippen LogP contribution in [0.1, 0.15) is 17.4 Å². The van der Waals surface area contributed by atoms with E-state index in [2.05, 4.69) is 20.9 Å². The molecule has 1 heterocycles. The minimum absolute atomic E-state index is 0.267. The first-order valence-corrected chi connectivity index (χ1v) is 5.14. The van der Waals surface area contributed by atoms with Crippen LogP contribution in [0.25, 0.3) is 0 Å². The summed E-state index contributed by atoms with van der Waals surface area (Å²) in [5.74, 6) is -0.267.